The smallest absolute Gasteiger partial charge is 0.201 e. The van der Waals surface area contributed by atoms with Crippen LogP contribution >= 0.6 is 22.6 Å². The van der Waals surface area contributed by atoms with Gasteiger partial charge in [0.05, 0.1) is 27.8 Å². The molecule has 5 nitrogen and oxygen atoms in total. The van der Waals surface area contributed by atoms with Crippen LogP contribution in [0.1, 0.15) is 0 Å². The van der Waals surface area contributed by atoms with Crippen LogP contribution in [0.4, 0.5) is 10.3 Å². The summed E-state index contributed by atoms with van der Waals surface area (Å²) in [4.78, 5) is 6.30. The van der Waals surface area contributed by atoms with Crippen LogP contribution in [-0.4, -0.2) is 48.3 Å². The minimum Gasteiger partial charge on any atom is -0.378 e. The standard InChI is InChI=1S/C13H18FIN4O/c1-18(2)3-5-20-6-4-19-12-7-9(14)10(15)8-11(12)17-13(19)16/h7-8H,3-6H2,1-2H3,(H2,16,17). The van der Waals surface area contributed by atoms with Crippen molar-refractivity contribution < 1.29 is 9.13 Å². The highest BCUT2D eigenvalue weighted by molar-refractivity contribution is 14.1. The van der Waals surface area contributed by atoms with Gasteiger partial charge in [0.2, 0.25) is 5.95 Å². The molecule has 0 amide bonds. The zero-order valence-electron chi connectivity index (χ0n) is 11.6. The van der Waals surface area contributed by atoms with Gasteiger partial charge in [0.1, 0.15) is 5.82 Å². The van der Waals surface area contributed by atoms with Gasteiger partial charge in [-0.15, -0.1) is 0 Å². The zero-order chi connectivity index (χ0) is 14.7. The van der Waals surface area contributed by atoms with Crippen LogP contribution in [0.3, 0.4) is 0 Å². The Kier molecular flexibility index (Phi) is 5.17. The predicted molar refractivity (Wildman–Crippen MR) is 86.2 cm³/mol. The highest BCUT2D eigenvalue weighted by Crippen LogP contribution is 2.22. The third kappa shape index (κ3) is 3.58. The van der Waals surface area contributed by atoms with Gasteiger partial charge in [0, 0.05) is 19.2 Å². The van der Waals surface area contributed by atoms with Gasteiger partial charge in [-0.1, -0.05) is 0 Å². The number of likely N-dealkylation sites (N-methyl/N-ethyl adjacent to an activating group) is 1. The quantitative estimate of drug-likeness (QED) is 0.603. The van der Waals surface area contributed by atoms with Crippen molar-refractivity contribution in [2.45, 2.75) is 6.54 Å². The number of nitrogens with zero attached hydrogens (tertiary/aromatic N) is 3. The van der Waals surface area contributed by atoms with Crippen molar-refractivity contribution in [1.82, 2.24) is 14.5 Å². The maximum atomic E-state index is 13.6. The molecule has 0 atom stereocenters. The number of hydrogen-bond donors (Lipinski definition) is 1. The first kappa shape index (κ1) is 15.5. The number of anilines is 1. The lowest BCUT2D eigenvalue weighted by atomic mass is 10.3. The number of hydrogen-bond acceptors (Lipinski definition) is 4. The molecule has 2 aromatic rings. The van der Waals surface area contributed by atoms with Gasteiger partial charge in [-0.2, -0.15) is 0 Å². The SMILES string of the molecule is CN(C)CCOCCn1c(N)nc2cc(I)c(F)cc21. The Morgan fingerprint density at radius 2 is 2.15 bits per heavy atom. The second-order valence-electron chi connectivity index (χ2n) is 4.79. The number of rotatable bonds is 6. The van der Waals surface area contributed by atoms with Gasteiger partial charge in [-0.3, -0.25) is 0 Å². The minimum absolute atomic E-state index is 0.257. The summed E-state index contributed by atoms with van der Waals surface area (Å²) < 4.78 is 21.5. The molecule has 0 radical (unpaired) electrons. The van der Waals surface area contributed by atoms with E-state index in [-0.39, 0.29) is 5.82 Å². The van der Waals surface area contributed by atoms with E-state index >= 15 is 0 Å². The Labute approximate surface area is 131 Å². The predicted octanol–water partition coefficient (Wildman–Crippen LogP) is 1.94. The van der Waals surface area contributed by atoms with Gasteiger partial charge >= 0.3 is 0 Å². The topological polar surface area (TPSA) is 56.3 Å². The molecule has 1 aromatic heterocycles. The number of benzene rings is 1. The molecule has 1 aromatic carbocycles. The van der Waals surface area contributed by atoms with Crippen molar-refractivity contribution >= 4 is 39.6 Å². The van der Waals surface area contributed by atoms with E-state index in [0.29, 0.717) is 40.3 Å². The van der Waals surface area contributed by atoms with Gasteiger partial charge < -0.3 is 19.9 Å². The average molecular weight is 392 g/mol. The fraction of sp³-hybridized carbons (Fsp3) is 0.462. The summed E-state index contributed by atoms with van der Waals surface area (Å²) in [5, 5.41) is 0. The van der Waals surface area contributed by atoms with Crippen molar-refractivity contribution in [3.63, 3.8) is 0 Å². The number of nitrogens with two attached hydrogens (primary N) is 1. The summed E-state index contributed by atoms with van der Waals surface area (Å²) in [6.45, 7) is 2.62. The Bertz CT molecular complexity index is 600. The molecule has 0 aliphatic rings. The van der Waals surface area contributed by atoms with E-state index in [0.717, 1.165) is 6.54 Å². The molecule has 20 heavy (non-hydrogen) atoms. The second-order valence-corrected chi connectivity index (χ2v) is 5.95. The Hall–Kier alpha value is -0.930. The summed E-state index contributed by atoms with van der Waals surface area (Å²) in [6.07, 6.45) is 0. The molecular formula is C13H18FIN4O. The maximum Gasteiger partial charge on any atom is 0.201 e. The molecule has 0 aliphatic carbocycles. The average Bonchev–Trinajstić information content (AvgIpc) is 2.65. The van der Waals surface area contributed by atoms with E-state index in [1.165, 1.54) is 6.07 Å². The molecular weight excluding hydrogens is 374 g/mol. The van der Waals surface area contributed by atoms with E-state index in [1.54, 1.807) is 10.6 Å². The molecule has 2 rings (SSSR count). The van der Waals surface area contributed by atoms with Gasteiger partial charge in [-0.05, 0) is 42.8 Å². The number of nitrogen functional groups attached to an aromatic ring is 1. The Balaban J connectivity index is 2.06. The number of aromatic nitrogens is 2. The number of ether oxygens (including phenoxy) is 1. The van der Waals surface area contributed by atoms with E-state index in [9.17, 15) is 4.39 Å². The van der Waals surface area contributed by atoms with E-state index < -0.39 is 0 Å². The molecule has 0 saturated heterocycles. The molecule has 0 bridgehead atoms. The molecule has 0 spiro atoms. The number of fused-ring (bicyclic) bond motifs is 1. The van der Waals surface area contributed by atoms with Gasteiger partial charge in [0.25, 0.3) is 0 Å². The maximum absolute atomic E-state index is 13.6. The third-order valence-electron chi connectivity index (χ3n) is 2.96. The van der Waals surface area contributed by atoms with Crippen LogP contribution in [-0.2, 0) is 11.3 Å². The lowest BCUT2D eigenvalue weighted by Gasteiger charge is -2.11. The van der Waals surface area contributed by atoms with Crippen molar-refractivity contribution in [3.05, 3.63) is 21.5 Å². The molecule has 2 N–H and O–H groups in total. The lowest BCUT2D eigenvalue weighted by Crippen LogP contribution is -2.19. The lowest BCUT2D eigenvalue weighted by molar-refractivity contribution is 0.112. The minimum atomic E-state index is -0.257. The van der Waals surface area contributed by atoms with Crippen LogP contribution in [0.25, 0.3) is 11.0 Å². The highest BCUT2D eigenvalue weighted by Gasteiger charge is 2.11. The summed E-state index contributed by atoms with van der Waals surface area (Å²) in [5.74, 6) is 0.130. The molecule has 110 valence electrons. The van der Waals surface area contributed by atoms with Crippen molar-refractivity contribution in [3.8, 4) is 0 Å². The van der Waals surface area contributed by atoms with Crippen LogP contribution < -0.4 is 5.73 Å². The summed E-state index contributed by atoms with van der Waals surface area (Å²) in [5.41, 5.74) is 7.29. The zero-order valence-corrected chi connectivity index (χ0v) is 13.7. The van der Waals surface area contributed by atoms with Crippen molar-refractivity contribution in [1.29, 1.82) is 0 Å². The normalized spacial score (nSPS) is 11.7. The monoisotopic (exact) mass is 392 g/mol. The first-order chi connectivity index (χ1) is 9.49. The van der Waals surface area contributed by atoms with E-state index in [4.69, 9.17) is 10.5 Å². The highest BCUT2D eigenvalue weighted by atomic mass is 127. The molecule has 0 saturated carbocycles. The summed E-state index contributed by atoms with van der Waals surface area (Å²) in [7, 11) is 3.99. The first-order valence-electron chi connectivity index (χ1n) is 6.32. The van der Waals surface area contributed by atoms with Crippen LogP contribution in [0.5, 0.6) is 0 Å². The van der Waals surface area contributed by atoms with Gasteiger partial charge in [0.15, 0.2) is 0 Å². The molecule has 0 aliphatic heterocycles. The molecule has 0 unspecified atom stereocenters. The summed E-state index contributed by atoms with van der Waals surface area (Å²) >= 11 is 1.94. The van der Waals surface area contributed by atoms with Crippen LogP contribution in [0.15, 0.2) is 12.1 Å². The molecule has 1 heterocycles. The Morgan fingerprint density at radius 3 is 2.85 bits per heavy atom. The number of halogens is 2. The first-order valence-corrected chi connectivity index (χ1v) is 7.40. The van der Waals surface area contributed by atoms with Crippen molar-refractivity contribution in [2.24, 2.45) is 0 Å². The Morgan fingerprint density at radius 1 is 1.40 bits per heavy atom. The van der Waals surface area contributed by atoms with Gasteiger partial charge in [-0.25, -0.2) is 9.37 Å². The number of imidazole rings is 1. The van der Waals surface area contributed by atoms with Crippen LogP contribution in [0.2, 0.25) is 0 Å². The van der Waals surface area contributed by atoms with E-state index in [1.807, 2.05) is 36.7 Å². The largest absolute Gasteiger partial charge is 0.378 e. The third-order valence-corrected chi connectivity index (χ3v) is 3.79. The molecule has 7 heteroatoms. The fourth-order valence-corrected chi connectivity index (χ4v) is 2.33. The molecule has 0 fully saturated rings. The summed E-state index contributed by atoms with van der Waals surface area (Å²) in [6, 6.07) is 3.17. The fourth-order valence-electron chi connectivity index (χ4n) is 1.88. The van der Waals surface area contributed by atoms with Crippen molar-refractivity contribution in [2.75, 3.05) is 39.6 Å². The second kappa shape index (κ2) is 6.68. The van der Waals surface area contributed by atoms with Crippen LogP contribution in [0, 0.1) is 9.39 Å². The van der Waals surface area contributed by atoms with E-state index in [2.05, 4.69) is 9.88 Å².